The number of unbranched alkanes of at least 4 members (excludes halogenated alkanes) is 3. The SMILES string of the molecule is CCCCCCOc1ccc(C(=O)Oc2ccc(C(=O)OC(CC(=O)O)C(O)C(C)(C)C(=O)O)cc2)cc1. The number of hydrogen-bond acceptors (Lipinski definition) is 8. The van der Waals surface area contributed by atoms with E-state index in [1.807, 2.05) is 0 Å². The molecule has 206 valence electrons. The van der Waals surface area contributed by atoms with Crippen LogP contribution in [0.15, 0.2) is 48.5 Å². The molecule has 0 radical (unpaired) electrons. The molecule has 2 atom stereocenters. The van der Waals surface area contributed by atoms with E-state index in [1.165, 1.54) is 38.1 Å². The molecule has 2 unspecified atom stereocenters. The predicted octanol–water partition coefficient (Wildman–Crippen LogP) is 4.34. The van der Waals surface area contributed by atoms with Crippen molar-refractivity contribution in [1.82, 2.24) is 0 Å². The van der Waals surface area contributed by atoms with Crippen molar-refractivity contribution in [2.24, 2.45) is 5.41 Å². The standard InChI is InChI=1S/C28H34O10/c1-4-5-6-7-16-36-20-12-8-18(9-13-20)25(32)37-21-14-10-19(11-15-21)26(33)38-22(17-23(29)30)24(31)28(2,3)27(34)35/h8-15,22,24,31H,4-7,16-17H2,1-3H3,(H,29,30)(H,34,35). The topological polar surface area (TPSA) is 157 Å². The van der Waals surface area contributed by atoms with Crippen LogP contribution in [0.3, 0.4) is 0 Å². The van der Waals surface area contributed by atoms with Gasteiger partial charge in [0.05, 0.1) is 29.6 Å². The number of carbonyl (C=O) groups is 4. The first-order chi connectivity index (χ1) is 17.9. The number of aliphatic carboxylic acids is 2. The van der Waals surface area contributed by atoms with Crippen LogP contribution in [-0.4, -0.2) is 58.0 Å². The Morgan fingerprint density at radius 2 is 1.37 bits per heavy atom. The lowest BCUT2D eigenvalue weighted by Crippen LogP contribution is -2.47. The minimum atomic E-state index is -1.78. The second-order valence-corrected chi connectivity index (χ2v) is 9.36. The highest BCUT2D eigenvalue weighted by molar-refractivity contribution is 5.92. The normalized spacial score (nSPS) is 12.7. The van der Waals surface area contributed by atoms with E-state index in [0.717, 1.165) is 25.7 Å². The van der Waals surface area contributed by atoms with Crippen LogP contribution in [0, 0.1) is 5.41 Å². The quantitative estimate of drug-likeness (QED) is 0.172. The number of rotatable bonds is 15. The molecule has 0 fully saturated rings. The Kier molecular flexibility index (Phi) is 11.3. The van der Waals surface area contributed by atoms with E-state index in [2.05, 4.69) is 6.92 Å². The Morgan fingerprint density at radius 1 is 0.816 bits per heavy atom. The summed E-state index contributed by atoms with van der Waals surface area (Å²) >= 11 is 0. The molecule has 2 aromatic carbocycles. The summed E-state index contributed by atoms with van der Waals surface area (Å²) in [5.41, 5.74) is -1.48. The zero-order chi connectivity index (χ0) is 28.3. The van der Waals surface area contributed by atoms with Gasteiger partial charge in [0.1, 0.15) is 23.7 Å². The predicted molar refractivity (Wildman–Crippen MR) is 136 cm³/mol. The molecule has 0 aliphatic rings. The monoisotopic (exact) mass is 530 g/mol. The highest BCUT2D eigenvalue weighted by Gasteiger charge is 2.43. The Morgan fingerprint density at radius 3 is 1.89 bits per heavy atom. The van der Waals surface area contributed by atoms with Crippen LogP contribution in [0.1, 0.15) is 73.6 Å². The fourth-order valence-electron chi connectivity index (χ4n) is 3.42. The van der Waals surface area contributed by atoms with Gasteiger partial charge in [-0.05, 0) is 68.8 Å². The van der Waals surface area contributed by atoms with Gasteiger partial charge in [0.2, 0.25) is 0 Å². The lowest BCUT2D eigenvalue weighted by atomic mass is 9.82. The summed E-state index contributed by atoms with van der Waals surface area (Å²) in [5.74, 6) is -3.55. The van der Waals surface area contributed by atoms with Gasteiger partial charge in [-0.1, -0.05) is 26.2 Å². The van der Waals surface area contributed by atoms with Crippen molar-refractivity contribution >= 4 is 23.9 Å². The molecule has 0 saturated heterocycles. The molecule has 0 saturated carbocycles. The van der Waals surface area contributed by atoms with Crippen LogP contribution >= 0.6 is 0 Å². The average molecular weight is 531 g/mol. The van der Waals surface area contributed by atoms with Crippen LogP contribution in [0.5, 0.6) is 11.5 Å². The molecule has 0 aromatic heterocycles. The van der Waals surface area contributed by atoms with Crippen molar-refractivity contribution in [3.05, 3.63) is 59.7 Å². The largest absolute Gasteiger partial charge is 0.494 e. The number of ether oxygens (including phenoxy) is 3. The Labute approximate surface area is 221 Å². The van der Waals surface area contributed by atoms with E-state index in [-0.39, 0.29) is 11.3 Å². The third-order valence-corrected chi connectivity index (χ3v) is 5.93. The molecule has 0 amide bonds. The molecule has 38 heavy (non-hydrogen) atoms. The number of carbonyl (C=O) groups excluding carboxylic acids is 2. The number of esters is 2. The molecular formula is C28H34O10. The van der Waals surface area contributed by atoms with Gasteiger partial charge in [0, 0.05) is 0 Å². The van der Waals surface area contributed by atoms with Gasteiger partial charge in [0.15, 0.2) is 0 Å². The summed E-state index contributed by atoms with van der Waals surface area (Å²) in [7, 11) is 0. The van der Waals surface area contributed by atoms with Gasteiger partial charge in [0.25, 0.3) is 0 Å². The molecule has 0 aliphatic heterocycles. The summed E-state index contributed by atoms with van der Waals surface area (Å²) in [5, 5.41) is 28.8. The molecule has 0 spiro atoms. The minimum absolute atomic E-state index is 0.0130. The molecule has 0 bridgehead atoms. The zero-order valence-corrected chi connectivity index (χ0v) is 21.7. The van der Waals surface area contributed by atoms with Crippen molar-refractivity contribution in [3.8, 4) is 11.5 Å². The number of carboxylic acid groups (broad SMARTS) is 2. The van der Waals surface area contributed by atoms with Gasteiger partial charge < -0.3 is 29.5 Å². The lowest BCUT2D eigenvalue weighted by molar-refractivity contribution is -0.162. The van der Waals surface area contributed by atoms with Crippen LogP contribution < -0.4 is 9.47 Å². The lowest BCUT2D eigenvalue weighted by Gasteiger charge is -2.31. The first kappa shape index (κ1) is 30.3. The van der Waals surface area contributed by atoms with Crippen molar-refractivity contribution in [2.45, 2.75) is 65.1 Å². The Balaban J connectivity index is 1.98. The molecule has 2 aromatic rings. The molecule has 0 heterocycles. The molecular weight excluding hydrogens is 496 g/mol. The van der Waals surface area contributed by atoms with E-state index in [1.54, 1.807) is 24.3 Å². The van der Waals surface area contributed by atoms with Gasteiger partial charge in [-0.2, -0.15) is 0 Å². The van der Waals surface area contributed by atoms with E-state index in [4.69, 9.17) is 19.3 Å². The van der Waals surface area contributed by atoms with Gasteiger partial charge >= 0.3 is 23.9 Å². The number of aliphatic hydroxyl groups excluding tert-OH is 1. The number of carboxylic acids is 2. The van der Waals surface area contributed by atoms with Crippen LogP contribution in [0.25, 0.3) is 0 Å². The van der Waals surface area contributed by atoms with Crippen LogP contribution in [0.2, 0.25) is 0 Å². The Hall–Kier alpha value is -3.92. The number of hydrogen-bond donors (Lipinski definition) is 3. The summed E-state index contributed by atoms with van der Waals surface area (Å²) < 4.78 is 16.1. The van der Waals surface area contributed by atoms with Gasteiger partial charge in [-0.15, -0.1) is 0 Å². The fraction of sp³-hybridized carbons (Fsp3) is 0.429. The van der Waals surface area contributed by atoms with Crippen molar-refractivity contribution in [1.29, 1.82) is 0 Å². The fourth-order valence-corrected chi connectivity index (χ4v) is 3.42. The molecule has 0 aliphatic carbocycles. The average Bonchev–Trinajstić information content (AvgIpc) is 2.88. The van der Waals surface area contributed by atoms with Crippen LogP contribution in [0.4, 0.5) is 0 Å². The maximum atomic E-state index is 12.6. The molecule has 3 N–H and O–H groups in total. The summed E-state index contributed by atoms with van der Waals surface area (Å²) in [4.78, 5) is 47.6. The third-order valence-electron chi connectivity index (χ3n) is 5.93. The maximum Gasteiger partial charge on any atom is 0.343 e. The second kappa shape index (κ2) is 14.1. The first-order valence-corrected chi connectivity index (χ1v) is 12.3. The molecule has 2 rings (SSSR count). The highest BCUT2D eigenvalue weighted by Crippen LogP contribution is 2.27. The number of aliphatic hydroxyl groups is 1. The zero-order valence-electron chi connectivity index (χ0n) is 21.7. The smallest absolute Gasteiger partial charge is 0.343 e. The van der Waals surface area contributed by atoms with Gasteiger partial charge in [-0.25, -0.2) is 9.59 Å². The summed E-state index contributed by atoms with van der Waals surface area (Å²) in [6.45, 7) is 5.13. The first-order valence-electron chi connectivity index (χ1n) is 12.3. The van der Waals surface area contributed by atoms with Crippen molar-refractivity contribution < 1.29 is 48.7 Å². The van der Waals surface area contributed by atoms with E-state index in [9.17, 15) is 29.4 Å². The Bertz CT molecular complexity index is 1090. The van der Waals surface area contributed by atoms with Crippen molar-refractivity contribution in [3.63, 3.8) is 0 Å². The second-order valence-electron chi connectivity index (χ2n) is 9.36. The number of benzene rings is 2. The molecule has 10 heteroatoms. The summed E-state index contributed by atoms with van der Waals surface area (Å²) in [6, 6.07) is 11.8. The van der Waals surface area contributed by atoms with E-state index >= 15 is 0 Å². The van der Waals surface area contributed by atoms with Crippen molar-refractivity contribution in [2.75, 3.05) is 6.61 Å². The third kappa shape index (κ3) is 8.88. The van der Waals surface area contributed by atoms with E-state index < -0.39 is 47.9 Å². The molecule has 10 nitrogen and oxygen atoms in total. The van der Waals surface area contributed by atoms with Crippen LogP contribution in [-0.2, 0) is 14.3 Å². The maximum absolute atomic E-state index is 12.6. The van der Waals surface area contributed by atoms with Gasteiger partial charge in [-0.3, -0.25) is 9.59 Å². The highest BCUT2D eigenvalue weighted by atomic mass is 16.6. The summed E-state index contributed by atoms with van der Waals surface area (Å²) in [6.07, 6.45) is 0.198. The van der Waals surface area contributed by atoms with E-state index in [0.29, 0.717) is 17.9 Å². The minimum Gasteiger partial charge on any atom is -0.494 e.